The predicted octanol–water partition coefficient (Wildman–Crippen LogP) is 2.92. The molecule has 1 saturated heterocycles. The van der Waals surface area contributed by atoms with E-state index in [1.807, 2.05) is 0 Å². The van der Waals surface area contributed by atoms with Crippen molar-refractivity contribution in [2.24, 2.45) is 5.92 Å². The minimum absolute atomic E-state index is 0.0724. The van der Waals surface area contributed by atoms with Crippen molar-refractivity contribution in [3.63, 3.8) is 0 Å². The standard InChI is InChI=1S/C14H20FNO/c1-14(15,11-3-5-13(17)6-4-11)12-7-9-16(2)10-8-12/h3-6,12,17H,7-10H2,1-2H3. The first-order valence-corrected chi connectivity index (χ1v) is 6.17. The fourth-order valence-electron chi connectivity index (χ4n) is 2.57. The van der Waals surface area contributed by atoms with E-state index in [0.717, 1.165) is 25.9 Å². The number of nitrogens with zero attached hydrogens (tertiary/aromatic N) is 1. The lowest BCUT2D eigenvalue weighted by Gasteiger charge is -2.37. The van der Waals surface area contributed by atoms with Crippen LogP contribution in [-0.2, 0) is 5.67 Å². The Kier molecular flexibility index (Phi) is 3.38. The molecular formula is C14H20FNO. The Labute approximate surface area is 102 Å². The summed E-state index contributed by atoms with van der Waals surface area (Å²) in [4.78, 5) is 2.24. The van der Waals surface area contributed by atoms with Gasteiger partial charge in [0.05, 0.1) is 0 Å². The van der Waals surface area contributed by atoms with Crippen LogP contribution in [-0.4, -0.2) is 30.1 Å². The molecule has 1 aliphatic heterocycles. The lowest BCUT2D eigenvalue weighted by Crippen LogP contribution is -2.38. The van der Waals surface area contributed by atoms with Gasteiger partial charge in [-0.05, 0) is 63.5 Å². The van der Waals surface area contributed by atoms with Gasteiger partial charge in [-0.3, -0.25) is 0 Å². The number of phenols is 1. The fraction of sp³-hybridized carbons (Fsp3) is 0.571. The highest BCUT2D eigenvalue weighted by molar-refractivity contribution is 5.30. The lowest BCUT2D eigenvalue weighted by molar-refractivity contribution is 0.0523. The maximum Gasteiger partial charge on any atom is 0.136 e. The van der Waals surface area contributed by atoms with Crippen LogP contribution in [0.25, 0.3) is 0 Å². The number of rotatable bonds is 2. The maximum absolute atomic E-state index is 14.9. The van der Waals surface area contributed by atoms with Crippen molar-refractivity contribution in [3.8, 4) is 5.75 Å². The normalized spacial score (nSPS) is 22.3. The summed E-state index contributed by atoms with van der Waals surface area (Å²) in [6.07, 6.45) is 1.79. The zero-order chi connectivity index (χ0) is 12.5. The Bertz CT molecular complexity index is 366. The van der Waals surface area contributed by atoms with Crippen molar-refractivity contribution in [1.82, 2.24) is 4.90 Å². The molecule has 0 saturated carbocycles. The Hall–Kier alpha value is -1.09. The van der Waals surface area contributed by atoms with Crippen LogP contribution in [0.4, 0.5) is 4.39 Å². The van der Waals surface area contributed by atoms with Crippen LogP contribution in [0, 0.1) is 5.92 Å². The van der Waals surface area contributed by atoms with Gasteiger partial charge in [0.25, 0.3) is 0 Å². The number of phenolic OH excluding ortho intramolecular Hbond substituents is 1. The van der Waals surface area contributed by atoms with Gasteiger partial charge in [-0.1, -0.05) is 12.1 Å². The van der Waals surface area contributed by atoms with E-state index in [9.17, 15) is 9.50 Å². The molecule has 1 aromatic rings. The highest BCUT2D eigenvalue weighted by Crippen LogP contribution is 2.39. The Morgan fingerprint density at radius 2 is 1.76 bits per heavy atom. The number of halogens is 1. The van der Waals surface area contributed by atoms with Crippen LogP contribution in [0.15, 0.2) is 24.3 Å². The monoisotopic (exact) mass is 237 g/mol. The summed E-state index contributed by atoms with van der Waals surface area (Å²) >= 11 is 0. The third-order valence-electron chi connectivity index (χ3n) is 3.92. The molecule has 0 aromatic heterocycles. The van der Waals surface area contributed by atoms with E-state index in [1.165, 1.54) is 0 Å². The van der Waals surface area contributed by atoms with Gasteiger partial charge in [-0.25, -0.2) is 4.39 Å². The average molecular weight is 237 g/mol. The van der Waals surface area contributed by atoms with Crippen molar-refractivity contribution in [2.45, 2.75) is 25.4 Å². The summed E-state index contributed by atoms with van der Waals surface area (Å²) in [6.45, 7) is 3.58. The largest absolute Gasteiger partial charge is 0.508 e. The minimum Gasteiger partial charge on any atom is -0.508 e. The summed E-state index contributed by atoms with van der Waals surface area (Å²) in [5, 5.41) is 9.24. The summed E-state index contributed by atoms with van der Waals surface area (Å²) in [7, 11) is 2.08. The molecule has 3 heteroatoms. The molecule has 1 heterocycles. The van der Waals surface area contributed by atoms with E-state index < -0.39 is 5.67 Å². The number of hydrogen-bond donors (Lipinski definition) is 1. The summed E-state index contributed by atoms with van der Waals surface area (Å²) in [5.74, 6) is 0.260. The van der Waals surface area contributed by atoms with Gasteiger partial charge in [-0.15, -0.1) is 0 Å². The minimum atomic E-state index is -1.30. The van der Waals surface area contributed by atoms with Crippen LogP contribution in [0.3, 0.4) is 0 Å². The molecule has 1 aromatic carbocycles. The Balaban J connectivity index is 2.15. The molecule has 1 fully saturated rings. The van der Waals surface area contributed by atoms with Crippen LogP contribution in [0.1, 0.15) is 25.3 Å². The van der Waals surface area contributed by atoms with Crippen LogP contribution in [0.2, 0.25) is 0 Å². The van der Waals surface area contributed by atoms with Crippen LogP contribution >= 0.6 is 0 Å². The molecule has 0 aliphatic carbocycles. The van der Waals surface area contributed by atoms with Gasteiger partial charge in [-0.2, -0.15) is 0 Å². The zero-order valence-corrected chi connectivity index (χ0v) is 10.5. The smallest absolute Gasteiger partial charge is 0.136 e. The third-order valence-corrected chi connectivity index (χ3v) is 3.92. The molecular weight excluding hydrogens is 217 g/mol. The summed E-state index contributed by atoms with van der Waals surface area (Å²) in [6, 6.07) is 6.49. The number of likely N-dealkylation sites (tertiary alicyclic amines) is 1. The second-order valence-corrected chi connectivity index (χ2v) is 5.20. The van der Waals surface area contributed by atoms with Crippen molar-refractivity contribution in [3.05, 3.63) is 29.8 Å². The van der Waals surface area contributed by atoms with E-state index in [1.54, 1.807) is 31.2 Å². The molecule has 17 heavy (non-hydrogen) atoms. The summed E-state index contributed by atoms with van der Waals surface area (Å²) in [5.41, 5.74) is -0.626. The molecule has 0 spiro atoms. The molecule has 1 N–H and O–H groups in total. The number of aromatic hydroxyl groups is 1. The van der Waals surface area contributed by atoms with Crippen molar-refractivity contribution < 1.29 is 9.50 Å². The highest BCUT2D eigenvalue weighted by Gasteiger charge is 2.37. The summed E-state index contributed by atoms with van der Waals surface area (Å²) < 4.78 is 14.9. The Morgan fingerprint density at radius 1 is 1.24 bits per heavy atom. The first kappa shape index (κ1) is 12.4. The molecule has 2 nitrogen and oxygen atoms in total. The van der Waals surface area contributed by atoms with Crippen molar-refractivity contribution in [1.29, 1.82) is 0 Å². The molecule has 1 aliphatic rings. The number of alkyl halides is 1. The second-order valence-electron chi connectivity index (χ2n) is 5.20. The SMILES string of the molecule is CN1CCC(C(C)(F)c2ccc(O)cc2)CC1. The topological polar surface area (TPSA) is 23.5 Å². The zero-order valence-electron chi connectivity index (χ0n) is 10.5. The highest BCUT2D eigenvalue weighted by atomic mass is 19.1. The van der Waals surface area contributed by atoms with Gasteiger partial charge in [0.2, 0.25) is 0 Å². The quantitative estimate of drug-likeness (QED) is 0.855. The van der Waals surface area contributed by atoms with E-state index in [4.69, 9.17) is 0 Å². The van der Waals surface area contributed by atoms with Crippen molar-refractivity contribution in [2.75, 3.05) is 20.1 Å². The van der Waals surface area contributed by atoms with Crippen LogP contribution < -0.4 is 0 Å². The molecule has 2 rings (SSSR count). The third kappa shape index (κ3) is 2.60. The fourth-order valence-corrected chi connectivity index (χ4v) is 2.57. The molecule has 0 radical (unpaired) electrons. The van der Waals surface area contributed by atoms with E-state index in [0.29, 0.717) is 5.56 Å². The molecule has 94 valence electrons. The first-order valence-electron chi connectivity index (χ1n) is 6.17. The first-order chi connectivity index (χ1) is 8.00. The number of piperidine rings is 1. The average Bonchev–Trinajstić information content (AvgIpc) is 2.30. The molecule has 0 bridgehead atoms. The van der Waals surface area contributed by atoms with Gasteiger partial charge in [0, 0.05) is 0 Å². The van der Waals surface area contributed by atoms with Gasteiger partial charge in [0.15, 0.2) is 0 Å². The van der Waals surface area contributed by atoms with Gasteiger partial charge in [0.1, 0.15) is 11.4 Å². The maximum atomic E-state index is 14.9. The number of benzene rings is 1. The van der Waals surface area contributed by atoms with E-state index in [-0.39, 0.29) is 11.7 Å². The van der Waals surface area contributed by atoms with Gasteiger partial charge >= 0.3 is 0 Å². The Morgan fingerprint density at radius 3 is 2.29 bits per heavy atom. The van der Waals surface area contributed by atoms with Gasteiger partial charge < -0.3 is 10.0 Å². The molecule has 1 unspecified atom stereocenters. The van der Waals surface area contributed by atoms with E-state index >= 15 is 0 Å². The predicted molar refractivity (Wildman–Crippen MR) is 66.8 cm³/mol. The molecule has 1 atom stereocenters. The van der Waals surface area contributed by atoms with Crippen molar-refractivity contribution >= 4 is 0 Å². The van der Waals surface area contributed by atoms with Crippen LogP contribution in [0.5, 0.6) is 5.75 Å². The second kappa shape index (κ2) is 4.65. The molecule has 0 amide bonds. The number of hydrogen-bond acceptors (Lipinski definition) is 2. The van der Waals surface area contributed by atoms with E-state index in [2.05, 4.69) is 11.9 Å². The lowest BCUT2D eigenvalue weighted by atomic mass is 9.79.